The van der Waals surface area contributed by atoms with E-state index in [1.807, 2.05) is 0 Å². The molecular formula is C37H72O4. The Kier molecular flexibility index (Phi) is 34.6. The fraction of sp³-hybridized carbons (Fsp3) is 0.919. The van der Waals surface area contributed by atoms with Crippen molar-refractivity contribution >= 4 is 5.97 Å². The van der Waals surface area contributed by atoms with Gasteiger partial charge in [0.25, 0.3) is 0 Å². The van der Waals surface area contributed by atoms with Crippen LogP contribution in [0.25, 0.3) is 0 Å². The topological polar surface area (TPSA) is 55.8 Å². The minimum atomic E-state index is -0.722. The van der Waals surface area contributed by atoms with E-state index in [2.05, 4.69) is 26.0 Å². The summed E-state index contributed by atoms with van der Waals surface area (Å²) in [6.45, 7) is 5.51. The van der Waals surface area contributed by atoms with Gasteiger partial charge in [-0.2, -0.15) is 0 Å². The number of rotatable bonds is 34. The molecule has 0 aromatic rings. The zero-order valence-corrected chi connectivity index (χ0v) is 27.8. The van der Waals surface area contributed by atoms with Crippen LogP contribution in [0.15, 0.2) is 12.2 Å². The summed E-state index contributed by atoms with van der Waals surface area (Å²) in [5.74, 6) is -0.194. The molecule has 0 saturated carbocycles. The molecule has 0 aromatic carbocycles. The van der Waals surface area contributed by atoms with Crippen LogP contribution in [-0.2, 0) is 14.3 Å². The lowest BCUT2D eigenvalue weighted by Crippen LogP contribution is -2.24. The Morgan fingerprint density at radius 1 is 0.537 bits per heavy atom. The van der Waals surface area contributed by atoms with E-state index in [0.29, 0.717) is 13.0 Å². The van der Waals surface area contributed by atoms with Gasteiger partial charge in [0, 0.05) is 13.0 Å². The molecule has 0 radical (unpaired) electrons. The summed E-state index contributed by atoms with van der Waals surface area (Å²) in [7, 11) is 0. The summed E-state index contributed by atoms with van der Waals surface area (Å²) in [6.07, 6.45) is 39.5. The number of aliphatic hydroxyl groups is 1. The van der Waals surface area contributed by atoms with Crippen molar-refractivity contribution in [2.45, 2.75) is 200 Å². The predicted octanol–water partition coefficient (Wildman–Crippen LogP) is 11.4. The fourth-order valence-corrected chi connectivity index (χ4v) is 5.27. The van der Waals surface area contributed by atoms with Crippen LogP contribution >= 0.6 is 0 Å². The maximum Gasteiger partial charge on any atom is 0.305 e. The summed E-state index contributed by atoms with van der Waals surface area (Å²) < 4.78 is 10.8. The molecule has 1 atom stereocenters. The second-order valence-corrected chi connectivity index (χ2v) is 12.3. The SMILES string of the molecule is CCCCCCCCC=CCCCCCCCCOCC(O)COC(=O)CCCCCCCCCCCCCCC. The minimum Gasteiger partial charge on any atom is -0.463 e. The fourth-order valence-electron chi connectivity index (χ4n) is 5.27. The first kappa shape index (κ1) is 40.1. The Labute approximate surface area is 256 Å². The van der Waals surface area contributed by atoms with Crippen LogP contribution in [0.3, 0.4) is 0 Å². The van der Waals surface area contributed by atoms with Gasteiger partial charge < -0.3 is 14.6 Å². The first-order valence-electron chi connectivity index (χ1n) is 18.3. The third kappa shape index (κ3) is 35.2. The first-order valence-corrected chi connectivity index (χ1v) is 18.3. The van der Waals surface area contributed by atoms with Crippen molar-refractivity contribution in [2.75, 3.05) is 19.8 Å². The van der Waals surface area contributed by atoms with Gasteiger partial charge in [-0.05, 0) is 38.5 Å². The zero-order valence-electron chi connectivity index (χ0n) is 27.8. The standard InChI is InChI=1S/C37H72O4/c1-3-5-7-9-11-13-15-17-18-19-21-23-25-27-29-31-33-40-34-36(38)35-41-37(39)32-30-28-26-24-22-20-16-14-12-10-8-6-4-2/h17-18,36,38H,3-16,19-35H2,1-2H3. The molecule has 244 valence electrons. The molecule has 4 nitrogen and oxygen atoms in total. The molecule has 0 spiro atoms. The summed E-state index contributed by atoms with van der Waals surface area (Å²) in [5, 5.41) is 10.0. The average Bonchev–Trinajstić information content (AvgIpc) is 2.97. The summed E-state index contributed by atoms with van der Waals surface area (Å²) in [5.41, 5.74) is 0. The van der Waals surface area contributed by atoms with Crippen LogP contribution < -0.4 is 0 Å². The number of allylic oxidation sites excluding steroid dienone is 2. The van der Waals surface area contributed by atoms with Crippen LogP contribution in [0.4, 0.5) is 0 Å². The Bertz CT molecular complexity index is 533. The second-order valence-electron chi connectivity index (χ2n) is 12.3. The monoisotopic (exact) mass is 581 g/mol. The summed E-state index contributed by atoms with van der Waals surface area (Å²) >= 11 is 0. The van der Waals surface area contributed by atoms with E-state index in [0.717, 1.165) is 19.3 Å². The van der Waals surface area contributed by atoms with E-state index in [1.54, 1.807) is 0 Å². The molecule has 0 aliphatic rings. The minimum absolute atomic E-state index is 0.0463. The summed E-state index contributed by atoms with van der Waals surface area (Å²) in [6, 6.07) is 0. The third-order valence-corrected chi connectivity index (χ3v) is 8.03. The van der Waals surface area contributed by atoms with E-state index in [4.69, 9.17) is 9.47 Å². The number of carbonyl (C=O) groups excluding carboxylic acids is 1. The highest BCUT2D eigenvalue weighted by atomic mass is 16.5. The molecule has 0 heterocycles. The van der Waals surface area contributed by atoms with Crippen molar-refractivity contribution in [1.82, 2.24) is 0 Å². The number of hydrogen-bond donors (Lipinski definition) is 1. The van der Waals surface area contributed by atoms with Gasteiger partial charge in [0.05, 0.1) is 6.61 Å². The van der Waals surface area contributed by atoms with Gasteiger partial charge in [-0.15, -0.1) is 0 Å². The number of unbranched alkanes of at least 4 members (excludes halogenated alkanes) is 24. The van der Waals surface area contributed by atoms with Crippen LogP contribution in [0.1, 0.15) is 194 Å². The van der Waals surface area contributed by atoms with Gasteiger partial charge in [-0.3, -0.25) is 4.79 Å². The van der Waals surface area contributed by atoms with Crippen LogP contribution in [0.2, 0.25) is 0 Å². The van der Waals surface area contributed by atoms with Crippen LogP contribution in [-0.4, -0.2) is 37.0 Å². The molecular weight excluding hydrogens is 508 g/mol. The Balaban J connectivity index is 3.30. The number of ether oxygens (including phenoxy) is 2. The van der Waals surface area contributed by atoms with E-state index in [9.17, 15) is 9.90 Å². The quantitative estimate of drug-likeness (QED) is 0.0467. The lowest BCUT2D eigenvalue weighted by molar-refractivity contribution is -0.147. The van der Waals surface area contributed by atoms with E-state index in [1.165, 1.54) is 154 Å². The van der Waals surface area contributed by atoms with Gasteiger partial charge >= 0.3 is 5.97 Å². The van der Waals surface area contributed by atoms with Gasteiger partial charge in [-0.1, -0.05) is 161 Å². The summed E-state index contributed by atoms with van der Waals surface area (Å²) in [4.78, 5) is 11.9. The van der Waals surface area contributed by atoms with E-state index < -0.39 is 6.10 Å². The average molecular weight is 581 g/mol. The normalized spacial score (nSPS) is 12.4. The molecule has 41 heavy (non-hydrogen) atoms. The Morgan fingerprint density at radius 3 is 1.39 bits per heavy atom. The predicted molar refractivity (Wildman–Crippen MR) is 178 cm³/mol. The molecule has 0 fully saturated rings. The Morgan fingerprint density at radius 2 is 0.927 bits per heavy atom. The van der Waals surface area contributed by atoms with Crippen LogP contribution in [0.5, 0.6) is 0 Å². The highest BCUT2D eigenvalue weighted by molar-refractivity contribution is 5.69. The maximum atomic E-state index is 11.9. The van der Waals surface area contributed by atoms with Crippen molar-refractivity contribution in [1.29, 1.82) is 0 Å². The molecule has 4 heteroatoms. The number of esters is 1. The number of hydrogen-bond acceptors (Lipinski definition) is 4. The van der Waals surface area contributed by atoms with Crippen LogP contribution in [0, 0.1) is 0 Å². The number of aliphatic hydroxyl groups excluding tert-OH is 1. The van der Waals surface area contributed by atoms with Crippen molar-refractivity contribution in [3.05, 3.63) is 12.2 Å². The van der Waals surface area contributed by atoms with Crippen molar-refractivity contribution < 1.29 is 19.4 Å². The zero-order chi connectivity index (χ0) is 29.9. The van der Waals surface area contributed by atoms with Crippen molar-refractivity contribution in [2.24, 2.45) is 0 Å². The lowest BCUT2D eigenvalue weighted by Gasteiger charge is -2.12. The highest BCUT2D eigenvalue weighted by Gasteiger charge is 2.09. The lowest BCUT2D eigenvalue weighted by atomic mass is 10.0. The third-order valence-electron chi connectivity index (χ3n) is 8.03. The molecule has 1 unspecified atom stereocenters. The maximum absolute atomic E-state index is 11.9. The molecule has 0 aliphatic heterocycles. The molecule has 0 rings (SSSR count). The highest BCUT2D eigenvalue weighted by Crippen LogP contribution is 2.13. The van der Waals surface area contributed by atoms with Gasteiger partial charge in [0.1, 0.15) is 12.7 Å². The van der Waals surface area contributed by atoms with Gasteiger partial charge in [-0.25, -0.2) is 0 Å². The first-order chi connectivity index (χ1) is 20.2. The smallest absolute Gasteiger partial charge is 0.305 e. The Hall–Kier alpha value is -0.870. The number of carbonyl (C=O) groups is 1. The largest absolute Gasteiger partial charge is 0.463 e. The van der Waals surface area contributed by atoms with E-state index in [-0.39, 0.29) is 19.2 Å². The molecule has 0 saturated heterocycles. The molecule has 0 amide bonds. The van der Waals surface area contributed by atoms with Crippen molar-refractivity contribution in [3.8, 4) is 0 Å². The van der Waals surface area contributed by atoms with Gasteiger partial charge in [0.15, 0.2) is 0 Å². The molecule has 0 aliphatic carbocycles. The molecule has 0 bridgehead atoms. The van der Waals surface area contributed by atoms with Gasteiger partial charge in [0.2, 0.25) is 0 Å². The molecule has 1 N–H and O–H groups in total. The second kappa shape index (κ2) is 35.3. The van der Waals surface area contributed by atoms with Crippen molar-refractivity contribution in [3.63, 3.8) is 0 Å². The molecule has 0 aromatic heterocycles. The van der Waals surface area contributed by atoms with E-state index >= 15 is 0 Å².